The van der Waals surface area contributed by atoms with Crippen LogP contribution in [-0.2, 0) is 19.2 Å². The third-order valence-corrected chi connectivity index (χ3v) is 2.69. The lowest BCUT2D eigenvalue weighted by atomic mass is 10.2. The van der Waals surface area contributed by atoms with Crippen molar-refractivity contribution in [2.45, 2.75) is 25.7 Å². The topological polar surface area (TPSA) is 122 Å². The standard InChI is InChI=1S/C16H16O7/c17-11(3-9-15(19)20)1-5-13-7-8-14(23-13)6-2-12(18)4-10-16(21)22/h1-2,5-8H,3-4,9-10H2,(H,19,20)(H,21,22)/b5-1+,6-2+. The molecule has 0 saturated carbocycles. The average molecular weight is 320 g/mol. The van der Waals surface area contributed by atoms with Crippen molar-refractivity contribution in [2.75, 3.05) is 0 Å². The number of allylic oxidation sites excluding steroid dienone is 2. The van der Waals surface area contributed by atoms with Crippen LogP contribution < -0.4 is 0 Å². The molecule has 0 fully saturated rings. The minimum atomic E-state index is -1.04. The first-order chi connectivity index (χ1) is 10.9. The zero-order chi connectivity index (χ0) is 17.2. The van der Waals surface area contributed by atoms with Crippen LogP contribution in [0.1, 0.15) is 37.2 Å². The quantitative estimate of drug-likeness (QED) is 0.633. The van der Waals surface area contributed by atoms with Crippen molar-refractivity contribution >= 4 is 35.7 Å². The molecule has 0 aliphatic heterocycles. The molecule has 7 heteroatoms. The first-order valence-electron chi connectivity index (χ1n) is 6.82. The van der Waals surface area contributed by atoms with E-state index < -0.39 is 11.9 Å². The highest BCUT2D eigenvalue weighted by molar-refractivity contribution is 5.95. The van der Waals surface area contributed by atoms with Gasteiger partial charge in [0.05, 0.1) is 12.8 Å². The summed E-state index contributed by atoms with van der Waals surface area (Å²) >= 11 is 0. The predicted molar refractivity (Wildman–Crippen MR) is 80.5 cm³/mol. The normalized spacial score (nSPS) is 11.1. The van der Waals surface area contributed by atoms with Crippen LogP contribution in [0.25, 0.3) is 12.2 Å². The van der Waals surface area contributed by atoms with Gasteiger partial charge in [-0.1, -0.05) is 0 Å². The Morgan fingerprint density at radius 2 is 1.17 bits per heavy atom. The second-order valence-corrected chi connectivity index (χ2v) is 4.63. The summed E-state index contributed by atoms with van der Waals surface area (Å²) in [4.78, 5) is 43.4. The molecule has 0 unspecified atom stereocenters. The molecule has 0 spiro atoms. The summed E-state index contributed by atoms with van der Waals surface area (Å²) in [5.41, 5.74) is 0. The molecule has 122 valence electrons. The van der Waals surface area contributed by atoms with Gasteiger partial charge in [-0.15, -0.1) is 0 Å². The van der Waals surface area contributed by atoms with E-state index >= 15 is 0 Å². The fourth-order valence-corrected chi connectivity index (χ4v) is 1.52. The van der Waals surface area contributed by atoms with E-state index in [1.165, 1.54) is 24.3 Å². The minimum Gasteiger partial charge on any atom is -0.481 e. The van der Waals surface area contributed by atoms with Crippen molar-refractivity contribution in [2.24, 2.45) is 0 Å². The first kappa shape index (κ1) is 18.1. The van der Waals surface area contributed by atoms with Crippen molar-refractivity contribution in [3.63, 3.8) is 0 Å². The number of furan rings is 1. The molecule has 23 heavy (non-hydrogen) atoms. The van der Waals surface area contributed by atoms with Crippen molar-refractivity contribution in [3.8, 4) is 0 Å². The van der Waals surface area contributed by atoms with Gasteiger partial charge in [-0.25, -0.2) is 0 Å². The minimum absolute atomic E-state index is 0.0859. The molecule has 2 N–H and O–H groups in total. The summed E-state index contributed by atoms with van der Waals surface area (Å²) in [6.45, 7) is 0. The fourth-order valence-electron chi connectivity index (χ4n) is 1.52. The maximum absolute atomic E-state index is 11.4. The molecular weight excluding hydrogens is 304 g/mol. The van der Waals surface area contributed by atoms with Gasteiger partial charge in [0.1, 0.15) is 11.5 Å². The zero-order valence-electron chi connectivity index (χ0n) is 12.2. The Morgan fingerprint density at radius 3 is 1.52 bits per heavy atom. The first-order valence-corrected chi connectivity index (χ1v) is 6.82. The van der Waals surface area contributed by atoms with E-state index in [-0.39, 0.29) is 37.2 Å². The van der Waals surface area contributed by atoms with Crippen LogP contribution in [0.2, 0.25) is 0 Å². The summed E-state index contributed by atoms with van der Waals surface area (Å²) in [5, 5.41) is 16.9. The SMILES string of the molecule is O=C(O)CCC(=O)/C=C/c1ccc(/C=C/C(=O)CCC(=O)O)o1. The lowest BCUT2D eigenvalue weighted by Crippen LogP contribution is -1.99. The van der Waals surface area contributed by atoms with Crippen LogP contribution in [0, 0.1) is 0 Å². The summed E-state index contributed by atoms with van der Waals surface area (Å²) < 4.78 is 5.32. The van der Waals surface area contributed by atoms with Gasteiger partial charge in [-0.2, -0.15) is 0 Å². The lowest BCUT2D eigenvalue weighted by Gasteiger charge is -1.91. The molecule has 0 aliphatic carbocycles. The molecule has 0 bridgehead atoms. The van der Waals surface area contributed by atoms with E-state index in [0.29, 0.717) is 11.5 Å². The number of hydrogen-bond donors (Lipinski definition) is 2. The third-order valence-electron chi connectivity index (χ3n) is 2.69. The Bertz CT molecular complexity index is 595. The van der Waals surface area contributed by atoms with E-state index in [4.69, 9.17) is 14.6 Å². The van der Waals surface area contributed by atoms with E-state index in [0.717, 1.165) is 0 Å². The Kier molecular flexibility index (Phi) is 7.19. The van der Waals surface area contributed by atoms with Crippen molar-refractivity contribution in [1.29, 1.82) is 0 Å². The highest BCUT2D eigenvalue weighted by Crippen LogP contribution is 2.12. The van der Waals surface area contributed by atoms with Crippen molar-refractivity contribution in [1.82, 2.24) is 0 Å². The summed E-state index contributed by atoms with van der Waals surface area (Å²) in [6, 6.07) is 3.17. The summed E-state index contributed by atoms with van der Waals surface area (Å²) in [6.07, 6.45) is 4.65. The summed E-state index contributed by atoms with van der Waals surface area (Å²) in [7, 11) is 0. The molecule has 7 nitrogen and oxygen atoms in total. The number of hydrogen-bond acceptors (Lipinski definition) is 5. The molecule has 0 aliphatic rings. The van der Waals surface area contributed by atoms with Crippen LogP contribution >= 0.6 is 0 Å². The molecule has 0 atom stereocenters. The van der Waals surface area contributed by atoms with Gasteiger partial charge in [0.2, 0.25) is 0 Å². The molecule has 0 aromatic carbocycles. The van der Waals surface area contributed by atoms with Gasteiger partial charge in [-0.3, -0.25) is 19.2 Å². The van der Waals surface area contributed by atoms with E-state index in [1.54, 1.807) is 12.1 Å². The number of carboxylic acid groups (broad SMARTS) is 2. The van der Waals surface area contributed by atoms with Crippen LogP contribution in [0.3, 0.4) is 0 Å². The van der Waals surface area contributed by atoms with E-state index in [9.17, 15) is 19.2 Å². The molecular formula is C16H16O7. The maximum Gasteiger partial charge on any atom is 0.303 e. The molecule has 0 radical (unpaired) electrons. The second kappa shape index (κ2) is 9.14. The second-order valence-electron chi connectivity index (χ2n) is 4.63. The Morgan fingerprint density at radius 1 is 0.783 bits per heavy atom. The van der Waals surface area contributed by atoms with Gasteiger partial charge < -0.3 is 14.6 Å². The maximum atomic E-state index is 11.4. The number of rotatable bonds is 10. The number of aliphatic carboxylic acids is 2. The predicted octanol–water partition coefficient (Wildman–Crippen LogP) is 2.17. The highest BCUT2D eigenvalue weighted by atomic mass is 16.4. The summed E-state index contributed by atoms with van der Waals surface area (Å²) in [5.74, 6) is -1.97. The number of carbonyl (C=O) groups excluding carboxylic acids is 2. The lowest BCUT2D eigenvalue weighted by molar-refractivity contribution is -0.138. The zero-order valence-corrected chi connectivity index (χ0v) is 12.2. The van der Waals surface area contributed by atoms with Gasteiger partial charge in [0, 0.05) is 12.8 Å². The Labute approximate surface area is 131 Å². The Hall–Kier alpha value is -2.96. The molecule has 1 aromatic heterocycles. The fraction of sp³-hybridized carbons (Fsp3) is 0.250. The largest absolute Gasteiger partial charge is 0.481 e. The number of carboxylic acids is 2. The molecule has 0 amide bonds. The van der Waals surface area contributed by atoms with Gasteiger partial charge in [0.15, 0.2) is 11.6 Å². The molecule has 1 heterocycles. The van der Waals surface area contributed by atoms with Crippen LogP contribution in [0.15, 0.2) is 28.7 Å². The van der Waals surface area contributed by atoms with Crippen molar-refractivity contribution < 1.29 is 33.8 Å². The van der Waals surface area contributed by atoms with E-state index in [2.05, 4.69) is 0 Å². The van der Waals surface area contributed by atoms with Crippen LogP contribution in [0.4, 0.5) is 0 Å². The number of carbonyl (C=O) groups is 4. The van der Waals surface area contributed by atoms with Crippen LogP contribution in [0.5, 0.6) is 0 Å². The molecule has 0 saturated heterocycles. The van der Waals surface area contributed by atoms with Crippen molar-refractivity contribution in [3.05, 3.63) is 35.8 Å². The van der Waals surface area contributed by atoms with Gasteiger partial charge in [0.25, 0.3) is 0 Å². The Balaban J connectivity index is 2.51. The number of ketones is 2. The van der Waals surface area contributed by atoms with Gasteiger partial charge in [-0.05, 0) is 36.4 Å². The van der Waals surface area contributed by atoms with Crippen LogP contribution in [-0.4, -0.2) is 33.7 Å². The highest BCUT2D eigenvalue weighted by Gasteiger charge is 2.04. The monoisotopic (exact) mass is 320 g/mol. The third kappa shape index (κ3) is 8.15. The molecule has 1 rings (SSSR count). The average Bonchev–Trinajstić information content (AvgIpc) is 2.94. The smallest absolute Gasteiger partial charge is 0.303 e. The van der Waals surface area contributed by atoms with Gasteiger partial charge >= 0.3 is 11.9 Å². The van der Waals surface area contributed by atoms with E-state index in [1.807, 2.05) is 0 Å². The molecule has 1 aromatic rings.